The molecule has 2 heterocycles. The summed E-state index contributed by atoms with van der Waals surface area (Å²) in [6, 6.07) is 13.0. The smallest absolute Gasteiger partial charge is 0.139 e. The number of hydrogen-bond donors (Lipinski definition) is 1. The molecular weight excluding hydrogens is 459 g/mol. The molecular formula is C25H18Cl2N4O2. The standard InChI is InChI=1S/C25H18Cl2N4O2/c1-32-23-9-18-21(8-16(23)6-5-15-4-3-7-29-13-15)30-14-17(12-28)25(18)31-22-11-24(33-2)20(27)10-19(22)26/h3-11,13-14H,1-2H3,(H,30,31)/b6-5+. The maximum absolute atomic E-state index is 9.70. The Kier molecular flexibility index (Phi) is 6.64. The molecule has 0 saturated carbocycles. The van der Waals surface area contributed by atoms with Crippen molar-refractivity contribution < 1.29 is 9.47 Å². The second kappa shape index (κ2) is 9.78. The molecule has 0 spiro atoms. The van der Waals surface area contributed by atoms with Gasteiger partial charge in [-0.2, -0.15) is 5.26 Å². The number of anilines is 2. The molecule has 0 bridgehead atoms. The summed E-state index contributed by atoms with van der Waals surface area (Å²) in [5.74, 6) is 1.09. The van der Waals surface area contributed by atoms with Crippen LogP contribution in [0.1, 0.15) is 16.7 Å². The van der Waals surface area contributed by atoms with Crippen molar-refractivity contribution in [3.8, 4) is 17.6 Å². The minimum atomic E-state index is 0.355. The first-order valence-corrected chi connectivity index (χ1v) is 10.6. The molecule has 2 aromatic carbocycles. The first-order valence-electron chi connectivity index (χ1n) is 9.83. The van der Waals surface area contributed by atoms with Crippen LogP contribution in [0.5, 0.6) is 11.5 Å². The predicted molar refractivity (Wildman–Crippen MR) is 132 cm³/mol. The van der Waals surface area contributed by atoms with E-state index in [-0.39, 0.29) is 0 Å². The lowest BCUT2D eigenvalue weighted by molar-refractivity contribution is 0.414. The number of ether oxygens (including phenoxy) is 2. The summed E-state index contributed by atoms with van der Waals surface area (Å²) in [5, 5.41) is 14.4. The Morgan fingerprint density at radius 2 is 1.82 bits per heavy atom. The van der Waals surface area contributed by atoms with E-state index < -0.39 is 0 Å². The molecule has 164 valence electrons. The zero-order valence-electron chi connectivity index (χ0n) is 17.8. The Morgan fingerprint density at radius 1 is 1.00 bits per heavy atom. The Bertz CT molecular complexity index is 1400. The molecule has 1 N–H and O–H groups in total. The highest BCUT2D eigenvalue weighted by Gasteiger charge is 2.15. The molecule has 0 aliphatic carbocycles. The number of rotatable bonds is 6. The van der Waals surface area contributed by atoms with Gasteiger partial charge in [-0.1, -0.05) is 41.4 Å². The van der Waals surface area contributed by atoms with Crippen molar-refractivity contribution in [1.29, 1.82) is 5.26 Å². The summed E-state index contributed by atoms with van der Waals surface area (Å²) in [4.78, 5) is 8.60. The Hall–Kier alpha value is -3.79. The number of pyridine rings is 2. The van der Waals surface area contributed by atoms with Crippen molar-refractivity contribution in [2.24, 2.45) is 0 Å². The highest BCUT2D eigenvalue weighted by Crippen LogP contribution is 2.39. The summed E-state index contributed by atoms with van der Waals surface area (Å²) >= 11 is 12.6. The van der Waals surface area contributed by atoms with Crippen LogP contribution in [0.4, 0.5) is 11.4 Å². The molecule has 0 atom stereocenters. The summed E-state index contributed by atoms with van der Waals surface area (Å²) < 4.78 is 10.9. The third-order valence-electron chi connectivity index (χ3n) is 4.98. The van der Waals surface area contributed by atoms with Crippen molar-refractivity contribution in [2.45, 2.75) is 0 Å². The summed E-state index contributed by atoms with van der Waals surface area (Å²) in [5.41, 5.74) is 3.93. The fourth-order valence-electron chi connectivity index (χ4n) is 3.34. The SMILES string of the molecule is COc1cc(Nc2c(C#N)cnc3cc(/C=C/c4cccnc4)c(OC)cc23)c(Cl)cc1Cl. The molecule has 4 aromatic rings. The first-order chi connectivity index (χ1) is 16.0. The van der Waals surface area contributed by atoms with Gasteiger partial charge in [0.05, 0.1) is 46.7 Å². The van der Waals surface area contributed by atoms with Crippen molar-refractivity contribution in [2.75, 3.05) is 19.5 Å². The molecule has 0 radical (unpaired) electrons. The van der Waals surface area contributed by atoms with Gasteiger partial charge in [-0.25, -0.2) is 0 Å². The number of benzene rings is 2. The molecule has 0 amide bonds. The summed E-state index contributed by atoms with van der Waals surface area (Å²) in [7, 11) is 3.12. The van der Waals surface area contributed by atoms with Gasteiger partial charge in [-0.05, 0) is 29.8 Å². The van der Waals surface area contributed by atoms with Gasteiger partial charge in [0.25, 0.3) is 0 Å². The van der Waals surface area contributed by atoms with Crippen LogP contribution in [-0.4, -0.2) is 24.2 Å². The highest BCUT2D eigenvalue weighted by atomic mass is 35.5. The molecule has 8 heteroatoms. The molecule has 6 nitrogen and oxygen atoms in total. The maximum Gasteiger partial charge on any atom is 0.139 e. The molecule has 4 rings (SSSR count). The van der Waals surface area contributed by atoms with Gasteiger partial charge in [0.15, 0.2) is 0 Å². The van der Waals surface area contributed by atoms with Crippen LogP contribution >= 0.6 is 23.2 Å². The van der Waals surface area contributed by atoms with E-state index in [1.54, 1.807) is 31.6 Å². The fraction of sp³-hybridized carbons (Fsp3) is 0.0800. The van der Waals surface area contributed by atoms with E-state index >= 15 is 0 Å². The fourth-order valence-corrected chi connectivity index (χ4v) is 3.85. The van der Waals surface area contributed by atoms with Gasteiger partial charge in [0, 0.05) is 35.6 Å². The van der Waals surface area contributed by atoms with Gasteiger partial charge in [0.2, 0.25) is 0 Å². The van der Waals surface area contributed by atoms with Crippen LogP contribution in [0.25, 0.3) is 23.1 Å². The number of methoxy groups -OCH3 is 2. The quantitative estimate of drug-likeness (QED) is 0.331. The lowest BCUT2D eigenvalue weighted by Crippen LogP contribution is -1.99. The van der Waals surface area contributed by atoms with Gasteiger partial charge in [0.1, 0.15) is 17.6 Å². The summed E-state index contributed by atoms with van der Waals surface area (Å²) in [6.45, 7) is 0. The third-order valence-corrected chi connectivity index (χ3v) is 5.59. The summed E-state index contributed by atoms with van der Waals surface area (Å²) in [6.07, 6.45) is 8.89. The van der Waals surface area contributed by atoms with Crippen molar-refractivity contribution in [3.05, 3.63) is 81.7 Å². The zero-order chi connectivity index (χ0) is 23.4. The normalized spacial score (nSPS) is 10.9. The number of nitrogens with one attached hydrogen (secondary N) is 1. The van der Waals surface area contributed by atoms with E-state index in [9.17, 15) is 5.26 Å². The molecule has 33 heavy (non-hydrogen) atoms. The Labute approximate surface area is 201 Å². The molecule has 0 unspecified atom stereocenters. The third kappa shape index (κ3) is 4.70. The second-order valence-corrected chi connectivity index (χ2v) is 7.80. The molecule has 0 aliphatic rings. The number of nitrogens with zero attached hydrogens (tertiary/aromatic N) is 3. The average molecular weight is 477 g/mol. The minimum Gasteiger partial charge on any atom is -0.496 e. The van der Waals surface area contributed by atoms with Gasteiger partial charge in [-0.15, -0.1) is 0 Å². The lowest BCUT2D eigenvalue weighted by Gasteiger charge is -2.16. The highest BCUT2D eigenvalue weighted by molar-refractivity contribution is 6.37. The topological polar surface area (TPSA) is 80.1 Å². The number of fused-ring (bicyclic) bond motifs is 1. The van der Waals surface area contributed by atoms with E-state index in [0.29, 0.717) is 49.4 Å². The molecule has 0 saturated heterocycles. The van der Waals surface area contributed by atoms with Gasteiger partial charge < -0.3 is 14.8 Å². The Balaban J connectivity index is 1.83. The number of halogens is 2. The minimum absolute atomic E-state index is 0.355. The number of hydrogen-bond acceptors (Lipinski definition) is 6. The predicted octanol–water partition coefficient (Wildman–Crippen LogP) is 6.74. The van der Waals surface area contributed by atoms with E-state index in [1.165, 1.54) is 13.3 Å². The van der Waals surface area contributed by atoms with E-state index in [0.717, 1.165) is 11.1 Å². The van der Waals surface area contributed by atoms with Crippen LogP contribution in [0.2, 0.25) is 10.0 Å². The number of nitriles is 1. The van der Waals surface area contributed by atoms with Crippen molar-refractivity contribution in [1.82, 2.24) is 9.97 Å². The van der Waals surface area contributed by atoms with Crippen LogP contribution in [0.15, 0.2) is 55.0 Å². The Morgan fingerprint density at radius 3 is 2.52 bits per heavy atom. The van der Waals surface area contributed by atoms with Gasteiger partial charge in [-0.3, -0.25) is 9.97 Å². The molecule has 2 aromatic heterocycles. The number of aromatic nitrogens is 2. The largest absolute Gasteiger partial charge is 0.496 e. The monoisotopic (exact) mass is 476 g/mol. The van der Waals surface area contributed by atoms with Crippen LogP contribution < -0.4 is 14.8 Å². The van der Waals surface area contributed by atoms with E-state index in [2.05, 4.69) is 21.4 Å². The molecule has 0 fully saturated rings. The second-order valence-electron chi connectivity index (χ2n) is 6.98. The lowest BCUT2D eigenvalue weighted by atomic mass is 10.0. The zero-order valence-corrected chi connectivity index (χ0v) is 19.3. The maximum atomic E-state index is 9.70. The van der Waals surface area contributed by atoms with Crippen LogP contribution in [0.3, 0.4) is 0 Å². The average Bonchev–Trinajstić information content (AvgIpc) is 2.84. The van der Waals surface area contributed by atoms with Gasteiger partial charge >= 0.3 is 0 Å². The molecule has 0 aliphatic heterocycles. The van der Waals surface area contributed by atoms with Crippen LogP contribution in [0, 0.1) is 11.3 Å². The van der Waals surface area contributed by atoms with Crippen molar-refractivity contribution in [3.63, 3.8) is 0 Å². The first kappa shape index (κ1) is 22.4. The van der Waals surface area contributed by atoms with Crippen molar-refractivity contribution >= 4 is 57.6 Å². The van der Waals surface area contributed by atoms with E-state index in [1.807, 2.05) is 36.4 Å². The van der Waals surface area contributed by atoms with E-state index in [4.69, 9.17) is 32.7 Å². The van der Waals surface area contributed by atoms with Crippen LogP contribution in [-0.2, 0) is 0 Å².